The highest BCUT2D eigenvalue weighted by Gasteiger charge is 2.00. The predicted octanol–water partition coefficient (Wildman–Crippen LogP) is 2.39. The summed E-state index contributed by atoms with van der Waals surface area (Å²) in [5.74, 6) is 0. The third-order valence-corrected chi connectivity index (χ3v) is 1.81. The van der Waals surface area contributed by atoms with Gasteiger partial charge in [0.15, 0.2) is 0 Å². The van der Waals surface area contributed by atoms with Gasteiger partial charge in [-0.05, 0) is 12.5 Å². The van der Waals surface area contributed by atoms with Crippen molar-refractivity contribution in [3.05, 3.63) is 30.3 Å². The van der Waals surface area contributed by atoms with E-state index >= 15 is 0 Å². The molecule has 2 heterocycles. The fourth-order valence-electron chi connectivity index (χ4n) is 1.20. The summed E-state index contributed by atoms with van der Waals surface area (Å²) in [6.07, 6.45) is 6.34. The summed E-state index contributed by atoms with van der Waals surface area (Å²) in [6.45, 7) is 2.10. The number of fused-ring (bicyclic) bond motifs is 1. The van der Waals surface area contributed by atoms with E-state index in [0.29, 0.717) is 0 Å². The van der Waals surface area contributed by atoms with Crippen molar-refractivity contribution < 1.29 is 4.42 Å². The van der Waals surface area contributed by atoms with E-state index < -0.39 is 0 Å². The Kier molecular flexibility index (Phi) is 1.39. The van der Waals surface area contributed by atoms with Gasteiger partial charge in [-0.3, -0.25) is 4.98 Å². The van der Waals surface area contributed by atoms with Crippen LogP contribution in [0, 0.1) is 0 Å². The van der Waals surface area contributed by atoms with Gasteiger partial charge >= 0.3 is 0 Å². The zero-order valence-corrected chi connectivity index (χ0v) is 6.37. The van der Waals surface area contributed by atoms with Gasteiger partial charge in [-0.2, -0.15) is 0 Å². The lowest BCUT2D eigenvalue weighted by atomic mass is 10.2. The first-order valence-corrected chi connectivity index (χ1v) is 3.72. The zero-order valence-electron chi connectivity index (χ0n) is 6.37. The molecule has 0 saturated carbocycles. The molecule has 0 bridgehead atoms. The molecule has 0 aromatic carbocycles. The quantitative estimate of drug-likeness (QED) is 0.619. The van der Waals surface area contributed by atoms with E-state index in [2.05, 4.69) is 11.9 Å². The van der Waals surface area contributed by atoms with Gasteiger partial charge in [-0.25, -0.2) is 0 Å². The molecule has 56 valence electrons. The standard InChI is InChI=1S/C9H9NO/c1-2-7-5-10-6-8-3-4-11-9(7)8/h3-6H,2H2,1H3. The Balaban J connectivity index is 2.79. The van der Waals surface area contributed by atoms with Crippen molar-refractivity contribution >= 4 is 11.0 Å². The van der Waals surface area contributed by atoms with Crippen molar-refractivity contribution in [3.8, 4) is 0 Å². The molecule has 0 unspecified atom stereocenters. The van der Waals surface area contributed by atoms with Gasteiger partial charge in [0.25, 0.3) is 0 Å². The lowest BCUT2D eigenvalue weighted by Gasteiger charge is -1.94. The van der Waals surface area contributed by atoms with Crippen molar-refractivity contribution in [3.63, 3.8) is 0 Å². The minimum Gasteiger partial charge on any atom is -0.464 e. The molecule has 0 aliphatic heterocycles. The molecule has 2 aromatic rings. The first kappa shape index (κ1) is 6.40. The second-order valence-electron chi connectivity index (χ2n) is 2.49. The number of nitrogens with zero attached hydrogens (tertiary/aromatic N) is 1. The van der Waals surface area contributed by atoms with Crippen LogP contribution in [0.15, 0.2) is 29.1 Å². The van der Waals surface area contributed by atoms with E-state index in [1.165, 1.54) is 5.56 Å². The number of aryl methyl sites for hydroxylation is 1. The van der Waals surface area contributed by atoms with Crippen LogP contribution < -0.4 is 0 Å². The molecule has 0 spiro atoms. The number of pyridine rings is 1. The molecule has 0 saturated heterocycles. The van der Waals surface area contributed by atoms with Gasteiger partial charge in [0.1, 0.15) is 5.58 Å². The van der Waals surface area contributed by atoms with Crippen LogP contribution in [0.3, 0.4) is 0 Å². The van der Waals surface area contributed by atoms with Gasteiger partial charge in [-0.1, -0.05) is 6.92 Å². The Labute approximate surface area is 64.9 Å². The van der Waals surface area contributed by atoms with Crippen LogP contribution in [0.2, 0.25) is 0 Å². The molecule has 0 N–H and O–H groups in total. The monoisotopic (exact) mass is 147 g/mol. The van der Waals surface area contributed by atoms with Crippen LogP contribution in [-0.4, -0.2) is 4.98 Å². The van der Waals surface area contributed by atoms with E-state index in [1.54, 1.807) is 6.26 Å². The summed E-state index contributed by atoms with van der Waals surface area (Å²) in [5.41, 5.74) is 2.15. The zero-order chi connectivity index (χ0) is 7.68. The van der Waals surface area contributed by atoms with Crippen LogP contribution in [0.1, 0.15) is 12.5 Å². The number of aromatic nitrogens is 1. The first-order chi connectivity index (χ1) is 5.42. The van der Waals surface area contributed by atoms with Gasteiger partial charge in [0.2, 0.25) is 0 Å². The summed E-state index contributed by atoms with van der Waals surface area (Å²) in [5, 5.41) is 1.09. The highest BCUT2D eigenvalue weighted by molar-refractivity contribution is 5.78. The van der Waals surface area contributed by atoms with Crippen molar-refractivity contribution in [2.24, 2.45) is 0 Å². The largest absolute Gasteiger partial charge is 0.464 e. The van der Waals surface area contributed by atoms with Gasteiger partial charge in [-0.15, -0.1) is 0 Å². The molecule has 0 amide bonds. The van der Waals surface area contributed by atoms with E-state index in [9.17, 15) is 0 Å². The maximum atomic E-state index is 5.30. The predicted molar refractivity (Wildman–Crippen MR) is 43.4 cm³/mol. The lowest BCUT2D eigenvalue weighted by molar-refractivity contribution is 0.611. The Morgan fingerprint density at radius 2 is 2.36 bits per heavy atom. The summed E-state index contributed by atoms with van der Waals surface area (Å²) >= 11 is 0. The Morgan fingerprint density at radius 3 is 3.18 bits per heavy atom. The van der Waals surface area contributed by atoms with E-state index in [0.717, 1.165) is 17.4 Å². The van der Waals surface area contributed by atoms with Crippen LogP contribution in [0.25, 0.3) is 11.0 Å². The molecule has 0 radical (unpaired) electrons. The number of hydrogen-bond acceptors (Lipinski definition) is 2. The van der Waals surface area contributed by atoms with Gasteiger partial charge < -0.3 is 4.42 Å². The average molecular weight is 147 g/mol. The second kappa shape index (κ2) is 2.38. The molecule has 2 nitrogen and oxygen atoms in total. The van der Waals surface area contributed by atoms with Gasteiger partial charge in [0, 0.05) is 23.3 Å². The van der Waals surface area contributed by atoms with E-state index in [1.807, 2.05) is 18.5 Å². The minimum atomic E-state index is 0.970. The number of furan rings is 1. The smallest absolute Gasteiger partial charge is 0.140 e. The van der Waals surface area contributed by atoms with Crippen molar-refractivity contribution in [2.45, 2.75) is 13.3 Å². The maximum Gasteiger partial charge on any atom is 0.140 e. The Morgan fingerprint density at radius 1 is 1.45 bits per heavy atom. The molecular formula is C9H9NO. The van der Waals surface area contributed by atoms with Crippen LogP contribution in [0.4, 0.5) is 0 Å². The topological polar surface area (TPSA) is 26.0 Å². The van der Waals surface area contributed by atoms with E-state index in [4.69, 9.17) is 4.42 Å². The average Bonchev–Trinajstić information content (AvgIpc) is 2.50. The molecule has 2 heteroatoms. The van der Waals surface area contributed by atoms with Crippen molar-refractivity contribution in [2.75, 3.05) is 0 Å². The molecule has 2 rings (SSSR count). The summed E-state index contributed by atoms with van der Waals surface area (Å²) in [7, 11) is 0. The number of hydrogen-bond donors (Lipinski definition) is 0. The summed E-state index contributed by atoms with van der Waals surface area (Å²) in [6, 6.07) is 1.93. The van der Waals surface area contributed by atoms with Crippen molar-refractivity contribution in [1.82, 2.24) is 4.98 Å². The summed E-state index contributed by atoms with van der Waals surface area (Å²) < 4.78 is 5.30. The molecule has 11 heavy (non-hydrogen) atoms. The fraction of sp³-hybridized carbons (Fsp3) is 0.222. The third kappa shape index (κ3) is 0.909. The summed E-state index contributed by atoms with van der Waals surface area (Å²) in [4.78, 5) is 4.10. The Hall–Kier alpha value is -1.31. The molecular weight excluding hydrogens is 138 g/mol. The highest BCUT2D eigenvalue weighted by atomic mass is 16.3. The lowest BCUT2D eigenvalue weighted by Crippen LogP contribution is -1.81. The molecule has 0 fully saturated rings. The highest BCUT2D eigenvalue weighted by Crippen LogP contribution is 2.18. The molecule has 0 aliphatic rings. The number of rotatable bonds is 1. The maximum absolute atomic E-state index is 5.30. The van der Waals surface area contributed by atoms with Gasteiger partial charge in [0.05, 0.1) is 6.26 Å². The van der Waals surface area contributed by atoms with Crippen LogP contribution >= 0.6 is 0 Å². The van der Waals surface area contributed by atoms with Crippen LogP contribution in [-0.2, 0) is 6.42 Å². The Bertz CT molecular complexity index is 364. The minimum absolute atomic E-state index is 0.970. The fourth-order valence-corrected chi connectivity index (χ4v) is 1.20. The molecule has 0 aliphatic carbocycles. The first-order valence-electron chi connectivity index (χ1n) is 3.72. The normalized spacial score (nSPS) is 10.6. The third-order valence-electron chi connectivity index (χ3n) is 1.81. The molecule has 0 atom stereocenters. The van der Waals surface area contributed by atoms with Crippen LogP contribution in [0.5, 0.6) is 0 Å². The van der Waals surface area contributed by atoms with Crippen molar-refractivity contribution in [1.29, 1.82) is 0 Å². The second-order valence-corrected chi connectivity index (χ2v) is 2.49. The molecule has 2 aromatic heterocycles. The van der Waals surface area contributed by atoms with E-state index in [-0.39, 0.29) is 0 Å². The SMILES string of the molecule is CCc1cncc2ccoc12.